The van der Waals surface area contributed by atoms with Crippen LogP contribution in [0.1, 0.15) is 31.2 Å². The highest BCUT2D eigenvalue weighted by atomic mass is 16.2. The van der Waals surface area contributed by atoms with Crippen LogP contribution < -0.4 is 10.6 Å². The summed E-state index contributed by atoms with van der Waals surface area (Å²) in [6.07, 6.45) is 9.59. The molecule has 2 heterocycles. The second-order valence-corrected chi connectivity index (χ2v) is 7.41. The molecule has 2 aliphatic heterocycles. The van der Waals surface area contributed by atoms with Crippen molar-refractivity contribution < 1.29 is 9.59 Å². The maximum Gasteiger partial charge on any atom is 0.321 e. The van der Waals surface area contributed by atoms with Gasteiger partial charge in [-0.1, -0.05) is 42.5 Å². The predicted molar refractivity (Wildman–Crippen MR) is 104 cm³/mol. The van der Waals surface area contributed by atoms with Crippen molar-refractivity contribution >= 4 is 11.9 Å². The minimum Gasteiger partial charge on any atom is -0.324 e. The van der Waals surface area contributed by atoms with Gasteiger partial charge >= 0.3 is 6.03 Å². The highest BCUT2D eigenvalue weighted by Crippen LogP contribution is 2.31. The lowest BCUT2D eigenvalue weighted by Gasteiger charge is -2.44. The first-order valence-electron chi connectivity index (χ1n) is 9.68. The Hall–Kier alpha value is -2.60. The van der Waals surface area contributed by atoms with Gasteiger partial charge in [-0.05, 0) is 24.5 Å². The number of nitrogens with zero attached hydrogens (tertiary/aromatic N) is 2. The summed E-state index contributed by atoms with van der Waals surface area (Å²) >= 11 is 0. The minimum absolute atomic E-state index is 0.0541. The summed E-state index contributed by atoms with van der Waals surface area (Å²) in [5.41, 5.74) is 1.67. The molecule has 3 aliphatic rings. The summed E-state index contributed by atoms with van der Waals surface area (Å²) in [4.78, 5) is 28.8. The molecule has 6 heteroatoms. The Morgan fingerprint density at radius 1 is 1.15 bits per heavy atom. The number of hydrogen-bond donors (Lipinski definition) is 2. The van der Waals surface area contributed by atoms with Crippen LogP contribution in [0.5, 0.6) is 0 Å². The molecule has 0 aromatic heterocycles. The number of nitrogens with one attached hydrogen (secondary N) is 2. The topological polar surface area (TPSA) is 64.7 Å². The summed E-state index contributed by atoms with van der Waals surface area (Å²) in [5.74, 6) is 0.134. The fraction of sp³-hybridized carbons (Fsp3) is 0.429. The number of carbonyl (C=O) groups is 2. The lowest BCUT2D eigenvalue weighted by Crippen LogP contribution is -2.59. The van der Waals surface area contributed by atoms with Gasteiger partial charge in [0, 0.05) is 38.2 Å². The van der Waals surface area contributed by atoms with Crippen LogP contribution in [-0.4, -0.2) is 47.0 Å². The Kier molecular flexibility index (Phi) is 4.99. The van der Waals surface area contributed by atoms with Gasteiger partial charge in [-0.15, -0.1) is 0 Å². The number of rotatable bonds is 3. The van der Waals surface area contributed by atoms with Crippen molar-refractivity contribution in [2.45, 2.75) is 37.9 Å². The Balaban J connectivity index is 1.39. The van der Waals surface area contributed by atoms with Gasteiger partial charge in [0.05, 0.1) is 12.2 Å². The highest BCUT2D eigenvalue weighted by Gasteiger charge is 2.47. The largest absolute Gasteiger partial charge is 0.324 e. The van der Waals surface area contributed by atoms with Gasteiger partial charge in [0.25, 0.3) is 0 Å². The molecule has 1 aromatic carbocycles. The molecule has 142 valence electrons. The van der Waals surface area contributed by atoms with Crippen LogP contribution >= 0.6 is 0 Å². The number of amides is 3. The number of carbonyl (C=O) groups excluding carboxylic acids is 2. The van der Waals surface area contributed by atoms with Crippen LogP contribution in [0.3, 0.4) is 0 Å². The van der Waals surface area contributed by atoms with Crippen molar-refractivity contribution in [3.8, 4) is 0 Å². The zero-order chi connectivity index (χ0) is 18.7. The molecule has 1 aliphatic carbocycles. The Morgan fingerprint density at radius 3 is 2.63 bits per heavy atom. The number of hydrogen-bond acceptors (Lipinski definition) is 3. The van der Waals surface area contributed by atoms with Crippen LogP contribution in [-0.2, 0) is 11.3 Å². The number of allylic oxidation sites excluding steroid dienone is 3. The molecule has 0 unspecified atom stereocenters. The van der Waals surface area contributed by atoms with Crippen molar-refractivity contribution in [3.63, 3.8) is 0 Å². The number of piperidine rings is 1. The van der Waals surface area contributed by atoms with E-state index in [1.807, 2.05) is 46.2 Å². The molecule has 2 saturated heterocycles. The molecular weight excluding hydrogens is 340 g/mol. The minimum atomic E-state index is -0.340. The third-order valence-corrected chi connectivity index (χ3v) is 5.69. The van der Waals surface area contributed by atoms with Gasteiger partial charge < -0.3 is 15.1 Å². The van der Waals surface area contributed by atoms with Crippen molar-refractivity contribution in [2.24, 2.45) is 0 Å². The fourth-order valence-electron chi connectivity index (χ4n) is 4.11. The molecule has 2 N–H and O–H groups in total. The molecule has 0 bridgehead atoms. The molecule has 6 nitrogen and oxygen atoms in total. The standard InChI is InChI=1S/C21H26N4O2/c26-19-15-22-21(25(19)16-17-7-3-1-4-8-17)11-13-24(14-12-21)20(27)23-18-9-5-2-6-10-18/h1,3-5,7-10,22H,2,6,11-16H2,(H,23,27). The SMILES string of the molecule is O=C(NC1=CCCC=C1)N1CCC2(CC1)NCC(=O)N2Cc1ccccc1. The van der Waals surface area contributed by atoms with Crippen molar-refractivity contribution in [1.29, 1.82) is 0 Å². The molecule has 1 spiro atoms. The van der Waals surface area contributed by atoms with Crippen LogP contribution in [0.25, 0.3) is 0 Å². The van der Waals surface area contributed by atoms with Gasteiger partial charge in [-0.2, -0.15) is 0 Å². The van der Waals surface area contributed by atoms with E-state index in [-0.39, 0.29) is 17.6 Å². The molecule has 0 radical (unpaired) electrons. The molecule has 1 aromatic rings. The van der Waals surface area contributed by atoms with E-state index < -0.39 is 0 Å². The van der Waals surface area contributed by atoms with Crippen molar-refractivity contribution in [2.75, 3.05) is 19.6 Å². The second-order valence-electron chi connectivity index (χ2n) is 7.41. The van der Waals surface area contributed by atoms with Crippen LogP contribution in [0.4, 0.5) is 4.79 Å². The van der Waals surface area contributed by atoms with Crippen LogP contribution in [0.2, 0.25) is 0 Å². The number of benzene rings is 1. The van der Waals surface area contributed by atoms with Crippen LogP contribution in [0.15, 0.2) is 54.3 Å². The summed E-state index contributed by atoms with van der Waals surface area (Å²) < 4.78 is 0. The summed E-state index contributed by atoms with van der Waals surface area (Å²) in [7, 11) is 0. The van der Waals surface area contributed by atoms with E-state index in [9.17, 15) is 9.59 Å². The maximum absolute atomic E-state index is 12.5. The fourth-order valence-corrected chi connectivity index (χ4v) is 4.11. The molecule has 4 rings (SSSR count). The smallest absolute Gasteiger partial charge is 0.321 e. The van der Waals surface area contributed by atoms with E-state index in [0.717, 1.165) is 36.9 Å². The molecule has 0 atom stereocenters. The average Bonchev–Trinajstić information content (AvgIpc) is 3.00. The van der Waals surface area contributed by atoms with E-state index in [2.05, 4.69) is 22.8 Å². The summed E-state index contributed by atoms with van der Waals surface area (Å²) in [6.45, 7) is 2.25. The van der Waals surface area contributed by atoms with Gasteiger partial charge in [0.1, 0.15) is 0 Å². The molecule has 3 amide bonds. The zero-order valence-electron chi connectivity index (χ0n) is 15.5. The average molecular weight is 366 g/mol. The highest BCUT2D eigenvalue weighted by molar-refractivity contribution is 5.82. The first-order valence-corrected chi connectivity index (χ1v) is 9.68. The van der Waals surface area contributed by atoms with E-state index >= 15 is 0 Å². The van der Waals surface area contributed by atoms with Gasteiger partial charge in [-0.25, -0.2) is 4.79 Å². The summed E-state index contributed by atoms with van der Waals surface area (Å²) in [5, 5.41) is 6.42. The molecule has 0 saturated carbocycles. The molecule has 2 fully saturated rings. The normalized spacial score (nSPS) is 21.5. The maximum atomic E-state index is 12.5. The third kappa shape index (κ3) is 3.76. The molecular formula is C21H26N4O2. The van der Waals surface area contributed by atoms with Gasteiger partial charge in [0.2, 0.25) is 5.91 Å². The second kappa shape index (κ2) is 7.56. The van der Waals surface area contributed by atoms with Gasteiger partial charge in [0.15, 0.2) is 0 Å². The lowest BCUT2D eigenvalue weighted by atomic mass is 9.95. The van der Waals surface area contributed by atoms with Crippen molar-refractivity contribution in [1.82, 2.24) is 20.4 Å². The number of urea groups is 1. The van der Waals surface area contributed by atoms with E-state index in [0.29, 0.717) is 26.2 Å². The van der Waals surface area contributed by atoms with E-state index in [1.54, 1.807) is 0 Å². The predicted octanol–water partition coefficient (Wildman–Crippen LogP) is 2.35. The van der Waals surface area contributed by atoms with Gasteiger partial charge in [-0.3, -0.25) is 10.1 Å². The Morgan fingerprint density at radius 2 is 1.93 bits per heavy atom. The van der Waals surface area contributed by atoms with Crippen LogP contribution in [0, 0.1) is 0 Å². The first kappa shape index (κ1) is 17.8. The number of likely N-dealkylation sites (tertiary alicyclic amines) is 1. The Bertz CT molecular complexity index is 764. The van der Waals surface area contributed by atoms with E-state index in [4.69, 9.17) is 0 Å². The third-order valence-electron chi connectivity index (χ3n) is 5.69. The first-order chi connectivity index (χ1) is 13.2. The zero-order valence-corrected chi connectivity index (χ0v) is 15.5. The monoisotopic (exact) mass is 366 g/mol. The summed E-state index contributed by atoms with van der Waals surface area (Å²) in [6, 6.07) is 10.0. The van der Waals surface area contributed by atoms with E-state index in [1.165, 1.54) is 0 Å². The molecule has 27 heavy (non-hydrogen) atoms. The Labute approximate surface area is 159 Å². The van der Waals surface area contributed by atoms with Crippen molar-refractivity contribution in [3.05, 3.63) is 59.8 Å². The quantitative estimate of drug-likeness (QED) is 0.863. The lowest BCUT2D eigenvalue weighted by molar-refractivity contribution is -0.132.